The van der Waals surface area contributed by atoms with Crippen LogP contribution in [0.15, 0.2) is 42.7 Å². The van der Waals surface area contributed by atoms with E-state index in [4.69, 9.17) is 0 Å². The van der Waals surface area contributed by atoms with E-state index in [1.807, 2.05) is 0 Å². The molecule has 2 heteroatoms. The summed E-state index contributed by atoms with van der Waals surface area (Å²) in [7, 11) is 0. The molecule has 0 aliphatic carbocycles. The van der Waals surface area contributed by atoms with Crippen molar-refractivity contribution in [1.29, 1.82) is 0 Å². The van der Waals surface area contributed by atoms with Crippen molar-refractivity contribution in [1.82, 2.24) is 4.57 Å². The fourth-order valence-electron chi connectivity index (χ4n) is 5.63. The van der Waals surface area contributed by atoms with Crippen LogP contribution in [0, 0.1) is 0 Å². The Morgan fingerprint density at radius 3 is 1.59 bits per heavy atom. The van der Waals surface area contributed by atoms with Gasteiger partial charge in [0.1, 0.15) is 12.4 Å². The fourth-order valence-corrected chi connectivity index (χ4v) is 5.63. The number of hydrogen-bond acceptors (Lipinski definition) is 0. The molecule has 0 amide bonds. The van der Waals surface area contributed by atoms with E-state index in [1.54, 1.807) is 5.82 Å². The molecule has 1 aromatic carbocycles. The van der Waals surface area contributed by atoms with Gasteiger partial charge in [-0.15, -0.1) is 0 Å². The highest BCUT2D eigenvalue weighted by Gasteiger charge is 2.16. The number of benzene rings is 1. The monoisotopic (exact) mass is 509 g/mol. The second kappa shape index (κ2) is 22.4. The van der Waals surface area contributed by atoms with Gasteiger partial charge in [-0.05, 0) is 31.2 Å². The molecule has 0 saturated carbocycles. The number of aromatic nitrogens is 2. The van der Waals surface area contributed by atoms with E-state index in [2.05, 4.69) is 65.7 Å². The van der Waals surface area contributed by atoms with Crippen LogP contribution in [0.4, 0.5) is 0 Å². The molecule has 1 aromatic heterocycles. The van der Waals surface area contributed by atoms with Crippen molar-refractivity contribution in [3.63, 3.8) is 0 Å². The predicted octanol–water partition coefficient (Wildman–Crippen LogP) is 10.4. The predicted molar refractivity (Wildman–Crippen MR) is 162 cm³/mol. The summed E-state index contributed by atoms with van der Waals surface area (Å²) in [6, 6.07) is 11.0. The fraction of sp³-hybridized carbons (Fsp3) is 0.743. The third-order valence-electron chi connectivity index (χ3n) is 8.05. The molecule has 0 fully saturated rings. The molecule has 0 N–H and O–H groups in total. The molecule has 2 aromatic rings. The topological polar surface area (TPSA) is 8.81 Å². The third-order valence-corrected chi connectivity index (χ3v) is 8.05. The molecule has 1 heterocycles. The minimum atomic E-state index is 1.14. The number of rotatable bonds is 25. The van der Waals surface area contributed by atoms with Crippen LogP contribution < -0.4 is 4.57 Å². The Morgan fingerprint density at radius 1 is 0.541 bits per heavy atom. The average Bonchev–Trinajstić information content (AvgIpc) is 3.31. The van der Waals surface area contributed by atoms with Gasteiger partial charge in [-0.3, -0.25) is 0 Å². The van der Waals surface area contributed by atoms with Gasteiger partial charge in [-0.25, -0.2) is 9.13 Å². The van der Waals surface area contributed by atoms with E-state index in [-0.39, 0.29) is 0 Å². The molecule has 0 aliphatic heterocycles. The maximum atomic E-state index is 2.55. The van der Waals surface area contributed by atoms with Gasteiger partial charge in [0.15, 0.2) is 0 Å². The van der Waals surface area contributed by atoms with Crippen molar-refractivity contribution in [2.75, 3.05) is 0 Å². The first-order chi connectivity index (χ1) is 18.3. The van der Waals surface area contributed by atoms with Gasteiger partial charge in [0, 0.05) is 6.42 Å². The normalized spacial score (nSPS) is 11.4. The maximum absolute atomic E-state index is 2.55. The zero-order valence-electron chi connectivity index (χ0n) is 24.9. The van der Waals surface area contributed by atoms with Crippen LogP contribution in [0.5, 0.6) is 0 Å². The standard InChI is InChI=1S/C35H61N2/c1-3-5-7-8-9-10-11-12-13-14-15-16-17-18-19-20-24-29-35-36(30-6-4-2)32-33-37(35)31-25-28-34-26-22-21-23-27-34/h21-23,26-27,32-33H,3-20,24-25,28-31H2,1-2H3/q+1. The zero-order chi connectivity index (χ0) is 26.2. The summed E-state index contributed by atoms with van der Waals surface area (Å²) in [5.41, 5.74) is 1.46. The second-order valence-corrected chi connectivity index (χ2v) is 11.5. The van der Waals surface area contributed by atoms with Gasteiger partial charge in [-0.2, -0.15) is 0 Å². The zero-order valence-corrected chi connectivity index (χ0v) is 24.9. The molecule has 0 unspecified atom stereocenters. The quantitative estimate of drug-likeness (QED) is 0.0929. The van der Waals surface area contributed by atoms with E-state index in [1.165, 1.54) is 153 Å². The summed E-state index contributed by atoms with van der Waals surface area (Å²) < 4.78 is 5.09. The summed E-state index contributed by atoms with van der Waals surface area (Å²) in [5.74, 6) is 1.56. The summed E-state index contributed by atoms with van der Waals surface area (Å²) in [4.78, 5) is 0. The number of aryl methyl sites for hydroxylation is 3. The van der Waals surface area contributed by atoms with Gasteiger partial charge in [0.05, 0.1) is 13.1 Å². The molecule has 0 saturated heterocycles. The lowest BCUT2D eigenvalue weighted by molar-refractivity contribution is -0.704. The van der Waals surface area contributed by atoms with E-state index in [9.17, 15) is 0 Å². The third kappa shape index (κ3) is 15.4. The first-order valence-electron chi connectivity index (χ1n) is 16.5. The number of nitrogens with zero attached hydrogens (tertiary/aromatic N) is 2. The summed E-state index contributed by atoms with van der Waals surface area (Å²) in [6.07, 6.45) is 35.4. The van der Waals surface area contributed by atoms with Crippen LogP contribution >= 0.6 is 0 Å². The summed E-state index contributed by atoms with van der Waals surface area (Å²) in [5, 5.41) is 0. The molecule has 0 atom stereocenters. The number of imidazole rings is 1. The van der Waals surface area contributed by atoms with Gasteiger partial charge in [0.25, 0.3) is 5.82 Å². The Hall–Kier alpha value is -1.57. The molecule has 2 rings (SSSR count). The minimum absolute atomic E-state index is 1.14. The molecule has 37 heavy (non-hydrogen) atoms. The smallest absolute Gasteiger partial charge is 0.234 e. The van der Waals surface area contributed by atoms with Crippen LogP contribution in [0.3, 0.4) is 0 Å². The molecule has 0 spiro atoms. The lowest BCUT2D eigenvalue weighted by Gasteiger charge is -2.06. The molecular formula is C35H61N2+. The SMILES string of the molecule is CCCCCCCCCCCCCCCCCCCc1n(CCCC)cc[n+]1CCCc1ccccc1. The minimum Gasteiger partial charge on any atom is -0.234 e. The van der Waals surface area contributed by atoms with E-state index in [0.717, 1.165) is 6.54 Å². The van der Waals surface area contributed by atoms with Gasteiger partial charge >= 0.3 is 0 Å². The van der Waals surface area contributed by atoms with Crippen molar-refractivity contribution in [2.45, 2.75) is 168 Å². The maximum Gasteiger partial charge on any atom is 0.256 e. The average molecular weight is 510 g/mol. The number of hydrogen-bond donors (Lipinski definition) is 0. The Labute approximate surface area is 231 Å². The first-order valence-corrected chi connectivity index (χ1v) is 16.5. The highest BCUT2D eigenvalue weighted by atomic mass is 15.1. The van der Waals surface area contributed by atoms with Crippen molar-refractivity contribution in [2.24, 2.45) is 0 Å². The molecule has 2 nitrogen and oxygen atoms in total. The van der Waals surface area contributed by atoms with Crippen LogP contribution in [0.25, 0.3) is 0 Å². The second-order valence-electron chi connectivity index (χ2n) is 11.5. The van der Waals surface area contributed by atoms with Crippen LogP contribution in [-0.2, 0) is 25.9 Å². The Bertz CT molecular complexity index is 748. The van der Waals surface area contributed by atoms with Crippen molar-refractivity contribution < 1.29 is 4.57 Å². The Kier molecular flexibility index (Phi) is 19.2. The highest BCUT2D eigenvalue weighted by molar-refractivity contribution is 5.14. The highest BCUT2D eigenvalue weighted by Crippen LogP contribution is 2.15. The molecule has 210 valence electrons. The molecule has 0 radical (unpaired) electrons. The molecule has 0 bridgehead atoms. The van der Waals surface area contributed by atoms with Gasteiger partial charge in [0.2, 0.25) is 0 Å². The van der Waals surface area contributed by atoms with Gasteiger partial charge in [-0.1, -0.05) is 153 Å². The van der Waals surface area contributed by atoms with Crippen LogP contribution in [0.2, 0.25) is 0 Å². The number of unbranched alkanes of at least 4 members (excludes halogenated alkanes) is 17. The Balaban J connectivity index is 1.51. The lowest BCUT2D eigenvalue weighted by atomic mass is 10.0. The van der Waals surface area contributed by atoms with Gasteiger partial charge < -0.3 is 0 Å². The van der Waals surface area contributed by atoms with Crippen molar-refractivity contribution in [3.05, 3.63) is 54.1 Å². The molecule has 0 aliphatic rings. The van der Waals surface area contributed by atoms with Crippen molar-refractivity contribution >= 4 is 0 Å². The summed E-state index contributed by atoms with van der Waals surface area (Å²) in [6.45, 7) is 6.92. The van der Waals surface area contributed by atoms with Crippen LogP contribution in [0.1, 0.15) is 154 Å². The lowest BCUT2D eigenvalue weighted by Crippen LogP contribution is -2.37. The van der Waals surface area contributed by atoms with Crippen molar-refractivity contribution in [3.8, 4) is 0 Å². The summed E-state index contributed by atoms with van der Waals surface area (Å²) >= 11 is 0. The van der Waals surface area contributed by atoms with E-state index in [0.29, 0.717) is 0 Å². The molecular weight excluding hydrogens is 448 g/mol. The van der Waals surface area contributed by atoms with E-state index >= 15 is 0 Å². The Morgan fingerprint density at radius 2 is 1.05 bits per heavy atom. The van der Waals surface area contributed by atoms with E-state index < -0.39 is 0 Å². The first kappa shape index (κ1) is 31.6. The largest absolute Gasteiger partial charge is 0.256 e. The van der Waals surface area contributed by atoms with Crippen LogP contribution in [-0.4, -0.2) is 4.57 Å².